The first-order chi connectivity index (χ1) is 16.4. The molecule has 3 aromatic rings. The first-order valence-corrected chi connectivity index (χ1v) is 12.0. The highest BCUT2D eigenvalue weighted by Crippen LogP contribution is 2.31. The van der Waals surface area contributed by atoms with E-state index in [0.717, 1.165) is 60.7 Å². The molecule has 2 fully saturated rings. The summed E-state index contributed by atoms with van der Waals surface area (Å²) in [6.45, 7) is 10.9. The van der Waals surface area contributed by atoms with Gasteiger partial charge in [0.1, 0.15) is 6.07 Å². The Bertz CT molecular complexity index is 1210. The number of hydrogen-bond acceptors (Lipinski definition) is 7. The summed E-state index contributed by atoms with van der Waals surface area (Å²) in [6, 6.07) is 15.1. The largest absolute Gasteiger partial charge is 0.370 e. The van der Waals surface area contributed by atoms with Crippen molar-refractivity contribution >= 4 is 22.3 Å². The number of hydrogen-bond donors (Lipinski definition) is 0. The van der Waals surface area contributed by atoms with Crippen molar-refractivity contribution in [2.24, 2.45) is 0 Å². The Kier molecular flexibility index (Phi) is 6.11. The Morgan fingerprint density at radius 3 is 2.62 bits per heavy atom. The monoisotopic (exact) mass is 456 g/mol. The van der Waals surface area contributed by atoms with E-state index in [2.05, 4.69) is 82.8 Å². The van der Waals surface area contributed by atoms with Crippen LogP contribution in [-0.4, -0.2) is 72.9 Å². The number of aryl methyl sites for hydroxylation is 2. The summed E-state index contributed by atoms with van der Waals surface area (Å²) in [5, 5.41) is 10.5. The maximum atomic E-state index is 9.48. The van der Waals surface area contributed by atoms with Gasteiger partial charge in [0.05, 0.1) is 29.3 Å². The summed E-state index contributed by atoms with van der Waals surface area (Å²) in [5.74, 6) is 0. The van der Waals surface area contributed by atoms with Gasteiger partial charge >= 0.3 is 0 Å². The minimum absolute atomic E-state index is 0.141. The van der Waals surface area contributed by atoms with Gasteiger partial charge in [0, 0.05) is 74.1 Å². The number of morpholine rings is 1. The van der Waals surface area contributed by atoms with Crippen molar-refractivity contribution in [1.29, 1.82) is 5.26 Å². The molecule has 0 unspecified atom stereocenters. The molecule has 2 aromatic heterocycles. The zero-order valence-electron chi connectivity index (χ0n) is 20.4. The molecule has 0 aliphatic carbocycles. The van der Waals surface area contributed by atoms with Crippen LogP contribution in [0.2, 0.25) is 0 Å². The van der Waals surface area contributed by atoms with Crippen molar-refractivity contribution in [3.63, 3.8) is 0 Å². The first-order valence-electron chi connectivity index (χ1n) is 12.0. The van der Waals surface area contributed by atoms with E-state index in [1.807, 2.05) is 12.1 Å². The van der Waals surface area contributed by atoms with E-state index >= 15 is 0 Å². The van der Waals surface area contributed by atoms with Gasteiger partial charge < -0.3 is 14.5 Å². The van der Waals surface area contributed by atoms with Crippen LogP contribution in [0.25, 0.3) is 10.9 Å². The van der Waals surface area contributed by atoms with Crippen LogP contribution >= 0.6 is 0 Å². The maximum absolute atomic E-state index is 9.48. The van der Waals surface area contributed by atoms with E-state index in [-0.39, 0.29) is 12.2 Å². The zero-order chi connectivity index (χ0) is 23.8. The summed E-state index contributed by atoms with van der Waals surface area (Å²) < 4.78 is 6.34. The lowest BCUT2D eigenvalue weighted by Gasteiger charge is -2.48. The van der Waals surface area contributed by atoms with Crippen LogP contribution in [-0.2, 0) is 4.74 Å². The van der Waals surface area contributed by atoms with Gasteiger partial charge in [-0.3, -0.25) is 14.9 Å². The van der Waals surface area contributed by atoms with Crippen LogP contribution < -0.4 is 9.80 Å². The third-order valence-electron chi connectivity index (χ3n) is 6.96. The molecule has 7 nitrogen and oxygen atoms in total. The number of likely N-dealkylation sites (N-methyl/N-ethyl adjacent to an activating group) is 1. The van der Waals surface area contributed by atoms with Crippen molar-refractivity contribution in [2.45, 2.75) is 39.0 Å². The Balaban J connectivity index is 1.25. The van der Waals surface area contributed by atoms with E-state index in [9.17, 15) is 5.26 Å². The molecule has 2 saturated heterocycles. The molecule has 7 heteroatoms. The molecule has 0 saturated carbocycles. The molecule has 34 heavy (non-hydrogen) atoms. The van der Waals surface area contributed by atoms with Crippen molar-refractivity contribution in [3.8, 4) is 6.07 Å². The average Bonchev–Trinajstić information content (AvgIpc) is 2.79. The second-order valence-electron chi connectivity index (χ2n) is 9.71. The fourth-order valence-corrected chi connectivity index (χ4v) is 5.32. The second-order valence-corrected chi connectivity index (χ2v) is 9.71. The molecule has 0 spiro atoms. The van der Waals surface area contributed by atoms with E-state index in [1.54, 1.807) is 6.20 Å². The van der Waals surface area contributed by atoms with Crippen LogP contribution in [0.1, 0.15) is 23.9 Å². The van der Waals surface area contributed by atoms with Gasteiger partial charge in [0.15, 0.2) is 0 Å². The van der Waals surface area contributed by atoms with Gasteiger partial charge in [0.2, 0.25) is 0 Å². The number of benzene rings is 1. The van der Waals surface area contributed by atoms with Crippen molar-refractivity contribution in [2.75, 3.05) is 49.6 Å². The topological polar surface area (TPSA) is 68.5 Å². The minimum atomic E-state index is 0.141. The van der Waals surface area contributed by atoms with Crippen molar-refractivity contribution in [3.05, 3.63) is 59.5 Å². The number of likely N-dealkylation sites (tertiary alicyclic amines) is 1. The molecule has 0 bridgehead atoms. The average molecular weight is 457 g/mol. The number of fused-ring (bicyclic) bond motifs is 1. The summed E-state index contributed by atoms with van der Waals surface area (Å²) in [5.41, 5.74) is 5.89. The fourth-order valence-electron chi connectivity index (χ4n) is 5.32. The molecule has 5 rings (SSSR count). The van der Waals surface area contributed by atoms with Crippen molar-refractivity contribution in [1.82, 2.24) is 14.9 Å². The van der Waals surface area contributed by atoms with E-state index in [4.69, 9.17) is 4.74 Å². The Morgan fingerprint density at radius 2 is 1.88 bits per heavy atom. The predicted octanol–water partition coefficient (Wildman–Crippen LogP) is 3.53. The molecule has 2 aliphatic heterocycles. The molecule has 0 N–H and O–H groups in total. The number of nitrogens with zero attached hydrogens (tertiary/aromatic N) is 6. The Labute approximate surface area is 201 Å². The van der Waals surface area contributed by atoms with Crippen LogP contribution in [0, 0.1) is 25.2 Å². The number of rotatable bonds is 5. The molecule has 1 aromatic carbocycles. The highest BCUT2D eigenvalue weighted by Gasteiger charge is 2.34. The number of ether oxygens (including phenoxy) is 1. The van der Waals surface area contributed by atoms with Crippen LogP contribution in [0.15, 0.2) is 42.6 Å². The minimum Gasteiger partial charge on any atom is -0.370 e. The van der Waals surface area contributed by atoms with Crippen molar-refractivity contribution < 1.29 is 4.74 Å². The number of pyridine rings is 2. The van der Waals surface area contributed by atoms with Crippen LogP contribution in [0.5, 0.6) is 0 Å². The van der Waals surface area contributed by atoms with Crippen LogP contribution in [0.3, 0.4) is 0 Å². The molecule has 4 heterocycles. The van der Waals surface area contributed by atoms with E-state index < -0.39 is 0 Å². The lowest BCUT2D eigenvalue weighted by atomic mass is 10.0. The van der Waals surface area contributed by atoms with Crippen LogP contribution in [0.4, 0.5) is 11.4 Å². The van der Waals surface area contributed by atoms with E-state index in [1.165, 1.54) is 5.69 Å². The maximum Gasteiger partial charge on any atom is 0.101 e. The van der Waals surface area contributed by atoms with Gasteiger partial charge in [-0.05, 0) is 57.2 Å². The summed E-state index contributed by atoms with van der Waals surface area (Å²) >= 11 is 0. The number of nitriles is 1. The number of anilines is 2. The normalized spacial score (nSPS) is 21.3. The highest BCUT2D eigenvalue weighted by molar-refractivity contribution is 5.95. The van der Waals surface area contributed by atoms with Gasteiger partial charge in [-0.1, -0.05) is 0 Å². The standard InChI is InChI=1S/C27H32N6O/c1-18-10-22(11-19(2)30-18)31(4)23-14-32(15-23)16-24-17-33(13-20(3)34-24)26-8-7-21(12-28)27-25(26)6-5-9-29-27/h5-11,20,23-24H,13-17H2,1-4H3/t20-,24+/m1/s1. The first kappa shape index (κ1) is 22.6. The Hall–Kier alpha value is -3.21. The van der Waals surface area contributed by atoms with Gasteiger partial charge in [-0.15, -0.1) is 0 Å². The molecular formula is C27H32N6O. The molecule has 176 valence electrons. The van der Waals surface area contributed by atoms with Gasteiger partial charge in [0.25, 0.3) is 0 Å². The molecule has 2 atom stereocenters. The molecule has 0 radical (unpaired) electrons. The summed E-state index contributed by atoms with van der Waals surface area (Å²) in [4.78, 5) is 16.2. The molecule has 0 amide bonds. The van der Waals surface area contributed by atoms with Gasteiger partial charge in [-0.2, -0.15) is 5.26 Å². The van der Waals surface area contributed by atoms with E-state index in [0.29, 0.717) is 11.6 Å². The van der Waals surface area contributed by atoms with Gasteiger partial charge in [-0.25, -0.2) is 0 Å². The lowest BCUT2D eigenvalue weighted by molar-refractivity contribution is -0.0431. The molecule has 2 aliphatic rings. The zero-order valence-corrected chi connectivity index (χ0v) is 20.4. The third-order valence-corrected chi connectivity index (χ3v) is 6.96. The molecular weight excluding hydrogens is 424 g/mol. The quantitative estimate of drug-likeness (QED) is 0.582. The predicted molar refractivity (Wildman–Crippen MR) is 135 cm³/mol. The summed E-state index contributed by atoms with van der Waals surface area (Å²) in [7, 11) is 2.18. The lowest BCUT2D eigenvalue weighted by Crippen LogP contribution is -2.62. The third kappa shape index (κ3) is 4.44. The SMILES string of the molecule is Cc1cc(N(C)C2CN(C[C@H]3CN(c4ccc(C#N)c5ncccc45)C[C@@H](C)O3)C2)cc(C)n1. The Morgan fingerprint density at radius 1 is 1.12 bits per heavy atom. The smallest absolute Gasteiger partial charge is 0.101 e. The summed E-state index contributed by atoms with van der Waals surface area (Å²) in [6.07, 6.45) is 2.04. The fraction of sp³-hybridized carbons (Fsp3) is 0.444. The highest BCUT2D eigenvalue weighted by atomic mass is 16.5. The second kappa shape index (κ2) is 9.21. The number of aromatic nitrogens is 2.